The maximum Gasteiger partial charge on any atom is 0.408 e. The predicted molar refractivity (Wildman–Crippen MR) is 122 cm³/mol. The third-order valence-electron chi connectivity index (χ3n) is 4.81. The zero-order valence-electron chi connectivity index (χ0n) is 18.1. The van der Waals surface area contributed by atoms with Gasteiger partial charge in [-0.05, 0) is 55.0 Å². The van der Waals surface area contributed by atoms with Gasteiger partial charge in [-0.1, -0.05) is 42.5 Å². The Morgan fingerprint density at radius 3 is 2.61 bits per heavy atom. The van der Waals surface area contributed by atoms with Gasteiger partial charge in [-0.15, -0.1) is 0 Å². The lowest BCUT2D eigenvalue weighted by Gasteiger charge is -2.24. The van der Waals surface area contributed by atoms with Gasteiger partial charge in [0.1, 0.15) is 18.2 Å². The first kappa shape index (κ1) is 23.2. The van der Waals surface area contributed by atoms with Gasteiger partial charge in [0.25, 0.3) is 0 Å². The molecular weight excluding hydrogens is 414 g/mol. The Morgan fingerprint density at radius 2 is 1.87 bits per heavy atom. The molecule has 0 saturated heterocycles. The minimum Gasteiger partial charge on any atom is -0.458 e. The molecule has 0 aliphatic heterocycles. The number of amides is 1. The molecule has 0 heterocycles. The van der Waals surface area contributed by atoms with E-state index in [1.165, 1.54) is 34.0 Å². The summed E-state index contributed by atoms with van der Waals surface area (Å²) in [6.07, 6.45) is 0.138. The fourth-order valence-corrected chi connectivity index (χ4v) is 4.24. The molecule has 0 fully saturated rings. The number of benzene rings is 2. The predicted octanol–water partition coefficient (Wildman–Crippen LogP) is 3.92. The van der Waals surface area contributed by atoms with Crippen LogP contribution in [-0.2, 0) is 27.3 Å². The Morgan fingerprint density at radius 1 is 1.13 bits per heavy atom. The summed E-state index contributed by atoms with van der Waals surface area (Å²) in [5.41, 5.74) is 5.10. The highest BCUT2D eigenvalue weighted by molar-refractivity contribution is 7.99. The molecule has 0 bridgehead atoms. The first-order valence-electron chi connectivity index (χ1n) is 10.3. The zero-order chi connectivity index (χ0) is 22.4. The number of ether oxygens (including phenoxy) is 2. The van der Waals surface area contributed by atoms with Crippen molar-refractivity contribution in [2.75, 3.05) is 18.1 Å². The third kappa shape index (κ3) is 6.24. The van der Waals surface area contributed by atoms with E-state index >= 15 is 0 Å². The number of aliphatic hydroxyl groups excluding tert-OH is 1. The summed E-state index contributed by atoms with van der Waals surface area (Å²) >= 11 is 1.36. The van der Waals surface area contributed by atoms with Gasteiger partial charge in [0.15, 0.2) is 0 Å². The summed E-state index contributed by atoms with van der Waals surface area (Å²) in [4.78, 5) is 24.9. The third-order valence-corrected chi connectivity index (χ3v) is 5.85. The maximum absolute atomic E-state index is 12.5. The second-order valence-electron chi connectivity index (χ2n) is 8.38. The van der Waals surface area contributed by atoms with Crippen LogP contribution >= 0.6 is 11.8 Å². The number of esters is 1. The van der Waals surface area contributed by atoms with Crippen LogP contribution in [0.15, 0.2) is 42.5 Å². The van der Waals surface area contributed by atoms with Crippen LogP contribution in [0.5, 0.6) is 0 Å². The van der Waals surface area contributed by atoms with E-state index in [1.54, 1.807) is 20.8 Å². The van der Waals surface area contributed by atoms with Gasteiger partial charge < -0.3 is 19.9 Å². The van der Waals surface area contributed by atoms with Gasteiger partial charge in [0.2, 0.25) is 0 Å². The second kappa shape index (κ2) is 10.2. The van der Waals surface area contributed by atoms with Gasteiger partial charge in [0, 0.05) is 11.5 Å². The van der Waals surface area contributed by atoms with Crippen LogP contribution in [0.2, 0.25) is 0 Å². The Bertz CT molecular complexity index is 938. The Kier molecular flexibility index (Phi) is 7.62. The van der Waals surface area contributed by atoms with Crippen molar-refractivity contribution in [3.63, 3.8) is 0 Å². The van der Waals surface area contributed by atoms with Crippen LogP contribution in [0.3, 0.4) is 0 Å². The summed E-state index contributed by atoms with van der Waals surface area (Å²) in [5.74, 6) is 0.235. The van der Waals surface area contributed by atoms with Crippen molar-refractivity contribution in [1.82, 2.24) is 5.32 Å². The van der Waals surface area contributed by atoms with E-state index in [0.717, 1.165) is 12.0 Å². The number of carbonyl (C=O) groups is 2. The molecule has 0 aromatic heterocycles. The molecule has 3 rings (SSSR count). The average molecular weight is 444 g/mol. The van der Waals surface area contributed by atoms with Crippen molar-refractivity contribution in [2.24, 2.45) is 0 Å². The van der Waals surface area contributed by atoms with Crippen LogP contribution in [0, 0.1) is 0 Å². The van der Waals surface area contributed by atoms with Gasteiger partial charge in [-0.2, -0.15) is 11.8 Å². The number of hydrogen-bond donors (Lipinski definition) is 2. The molecule has 2 aromatic rings. The molecule has 1 aliphatic rings. The van der Waals surface area contributed by atoms with E-state index in [9.17, 15) is 9.59 Å². The SMILES string of the molecule is CC(C)(C)OC(=O)[C@H](CSCCO)NC(=O)OCc1cccc2c1Cc1ccccc1-2. The van der Waals surface area contributed by atoms with E-state index in [2.05, 4.69) is 23.5 Å². The standard InChI is InChI=1S/C24H29NO5S/c1-24(2,3)30-22(27)21(15-31-12-11-26)25-23(28)29-14-17-8-6-10-19-18-9-5-4-7-16(18)13-20(17)19/h4-10,21,26H,11-15H2,1-3H3,(H,25,28)/t21-/m0/s1. The van der Waals surface area contributed by atoms with E-state index < -0.39 is 23.7 Å². The molecule has 0 spiro atoms. The van der Waals surface area contributed by atoms with E-state index in [0.29, 0.717) is 11.5 Å². The smallest absolute Gasteiger partial charge is 0.408 e. The van der Waals surface area contributed by atoms with Crippen LogP contribution in [0.25, 0.3) is 11.1 Å². The van der Waals surface area contributed by atoms with Gasteiger partial charge in [-0.3, -0.25) is 0 Å². The topological polar surface area (TPSA) is 84.9 Å². The quantitative estimate of drug-likeness (QED) is 0.406. The highest BCUT2D eigenvalue weighted by Gasteiger charge is 2.27. The molecule has 0 unspecified atom stereocenters. The number of fused-ring (bicyclic) bond motifs is 3. The molecule has 31 heavy (non-hydrogen) atoms. The van der Waals surface area contributed by atoms with E-state index in [4.69, 9.17) is 14.6 Å². The number of carbonyl (C=O) groups excluding carboxylic acids is 2. The van der Waals surface area contributed by atoms with Gasteiger partial charge in [-0.25, -0.2) is 9.59 Å². The van der Waals surface area contributed by atoms with Crippen molar-refractivity contribution in [3.8, 4) is 11.1 Å². The van der Waals surface area contributed by atoms with Crippen LogP contribution < -0.4 is 5.32 Å². The van der Waals surface area contributed by atoms with Crippen molar-refractivity contribution in [3.05, 3.63) is 59.2 Å². The lowest BCUT2D eigenvalue weighted by Crippen LogP contribution is -2.46. The molecule has 2 aromatic carbocycles. The lowest BCUT2D eigenvalue weighted by atomic mass is 10.0. The minimum absolute atomic E-state index is 0.00232. The summed E-state index contributed by atoms with van der Waals surface area (Å²) in [6, 6.07) is 13.4. The van der Waals surface area contributed by atoms with Crippen molar-refractivity contribution in [2.45, 2.75) is 45.4 Å². The maximum atomic E-state index is 12.5. The molecule has 0 radical (unpaired) electrons. The van der Waals surface area contributed by atoms with E-state index in [-0.39, 0.29) is 13.2 Å². The highest BCUT2D eigenvalue weighted by Crippen LogP contribution is 2.38. The molecule has 166 valence electrons. The molecule has 6 nitrogen and oxygen atoms in total. The summed E-state index contributed by atoms with van der Waals surface area (Å²) < 4.78 is 10.9. The monoisotopic (exact) mass is 443 g/mol. The first-order chi connectivity index (χ1) is 14.8. The minimum atomic E-state index is -0.853. The van der Waals surface area contributed by atoms with Crippen molar-refractivity contribution in [1.29, 1.82) is 0 Å². The fourth-order valence-electron chi connectivity index (χ4n) is 3.49. The number of hydrogen-bond acceptors (Lipinski definition) is 6. The summed E-state index contributed by atoms with van der Waals surface area (Å²) in [5, 5.41) is 11.6. The van der Waals surface area contributed by atoms with Gasteiger partial charge in [0.05, 0.1) is 6.61 Å². The Balaban J connectivity index is 1.62. The Labute approximate surface area is 187 Å². The number of alkyl carbamates (subject to hydrolysis) is 1. The summed E-state index contributed by atoms with van der Waals surface area (Å²) in [6.45, 7) is 5.44. The van der Waals surface area contributed by atoms with Crippen LogP contribution in [0.4, 0.5) is 4.79 Å². The molecule has 7 heteroatoms. The summed E-state index contributed by atoms with van der Waals surface area (Å²) in [7, 11) is 0. The molecule has 1 atom stereocenters. The van der Waals surface area contributed by atoms with Crippen molar-refractivity contribution >= 4 is 23.8 Å². The number of nitrogens with one attached hydrogen (secondary N) is 1. The highest BCUT2D eigenvalue weighted by atomic mass is 32.2. The molecule has 1 amide bonds. The second-order valence-corrected chi connectivity index (χ2v) is 9.53. The largest absolute Gasteiger partial charge is 0.458 e. The normalized spacial score (nSPS) is 13.2. The number of aliphatic hydroxyl groups is 1. The van der Waals surface area contributed by atoms with Crippen molar-refractivity contribution < 1.29 is 24.2 Å². The number of rotatable bonds is 8. The molecule has 1 aliphatic carbocycles. The van der Waals surface area contributed by atoms with E-state index in [1.807, 2.05) is 24.3 Å². The molecule has 2 N–H and O–H groups in total. The molecular formula is C24H29NO5S. The fraction of sp³-hybridized carbons (Fsp3) is 0.417. The average Bonchev–Trinajstić information content (AvgIpc) is 3.09. The van der Waals surface area contributed by atoms with Gasteiger partial charge >= 0.3 is 12.1 Å². The van der Waals surface area contributed by atoms with Crippen LogP contribution in [-0.4, -0.2) is 46.9 Å². The first-order valence-corrected chi connectivity index (χ1v) is 11.5. The number of thioether (sulfide) groups is 1. The lowest BCUT2D eigenvalue weighted by molar-refractivity contribution is -0.156. The van der Waals surface area contributed by atoms with Crippen LogP contribution in [0.1, 0.15) is 37.5 Å². The zero-order valence-corrected chi connectivity index (χ0v) is 19.0. The Hall–Kier alpha value is -2.51. The molecule has 0 saturated carbocycles.